The highest BCUT2D eigenvalue weighted by atomic mass is 35.5. The molecule has 0 atom stereocenters. The standard InChI is InChI=1S/C9H12Cl2N2/c1-5(2)8-6(10)4-7(11)9(12-3)13-8/h4-5H,1-3H3,(H,12,13). The summed E-state index contributed by atoms with van der Waals surface area (Å²) in [6.07, 6.45) is 0. The van der Waals surface area contributed by atoms with Crippen molar-refractivity contribution in [3.63, 3.8) is 0 Å². The number of aromatic nitrogens is 1. The van der Waals surface area contributed by atoms with Crippen LogP contribution in [0.3, 0.4) is 0 Å². The molecule has 72 valence electrons. The van der Waals surface area contributed by atoms with Crippen LogP contribution in [-0.4, -0.2) is 12.0 Å². The predicted molar refractivity (Wildman–Crippen MR) is 57.9 cm³/mol. The molecular weight excluding hydrogens is 207 g/mol. The third-order valence-corrected chi connectivity index (χ3v) is 2.33. The topological polar surface area (TPSA) is 24.9 Å². The monoisotopic (exact) mass is 218 g/mol. The molecule has 0 spiro atoms. The first-order valence-corrected chi connectivity index (χ1v) is 4.85. The highest BCUT2D eigenvalue weighted by Crippen LogP contribution is 2.29. The Morgan fingerprint density at radius 2 is 1.92 bits per heavy atom. The normalized spacial score (nSPS) is 10.6. The van der Waals surface area contributed by atoms with Crippen LogP contribution in [0.5, 0.6) is 0 Å². The van der Waals surface area contributed by atoms with Gasteiger partial charge in [0.2, 0.25) is 0 Å². The summed E-state index contributed by atoms with van der Waals surface area (Å²) in [6.45, 7) is 4.09. The maximum atomic E-state index is 5.98. The Morgan fingerprint density at radius 1 is 1.31 bits per heavy atom. The van der Waals surface area contributed by atoms with Gasteiger partial charge in [0.15, 0.2) is 0 Å². The lowest BCUT2D eigenvalue weighted by molar-refractivity contribution is 0.824. The molecule has 0 aromatic carbocycles. The Morgan fingerprint density at radius 3 is 2.38 bits per heavy atom. The molecule has 1 heterocycles. The van der Waals surface area contributed by atoms with Crippen molar-refractivity contribution in [2.45, 2.75) is 19.8 Å². The Bertz CT molecular complexity index is 311. The third-order valence-electron chi connectivity index (χ3n) is 1.74. The van der Waals surface area contributed by atoms with Crippen LogP contribution in [-0.2, 0) is 0 Å². The van der Waals surface area contributed by atoms with Crippen LogP contribution in [0.2, 0.25) is 10.0 Å². The number of hydrogen-bond donors (Lipinski definition) is 1. The fraction of sp³-hybridized carbons (Fsp3) is 0.444. The number of halogens is 2. The van der Waals surface area contributed by atoms with E-state index in [0.717, 1.165) is 5.69 Å². The molecule has 0 saturated heterocycles. The van der Waals surface area contributed by atoms with E-state index in [0.29, 0.717) is 21.8 Å². The Labute approximate surface area is 88.3 Å². The van der Waals surface area contributed by atoms with Gasteiger partial charge < -0.3 is 5.32 Å². The maximum Gasteiger partial charge on any atom is 0.144 e. The first-order valence-electron chi connectivity index (χ1n) is 4.10. The summed E-state index contributed by atoms with van der Waals surface area (Å²) >= 11 is 11.9. The minimum Gasteiger partial charge on any atom is -0.372 e. The molecule has 2 nitrogen and oxygen atoms in total. The molecule has 1 rings (SSSR count). The minimum atomic E-state index is 0.303. The number of rotatable bonds is 2. The second-order valence-electron chi connectivity index (χ2n) is 3.09. The molecule has 4 heteroatoms. The second kappa shape index (κ2) is 4.16. The fourth-order valence-electron chi connectivity index (χ4n) is 1.06. The summed E-state index contributed by atoms with van der Waals surface area (Å²) in [5.74, 6) is 0.978. The average molecular weight is 219 g/mol. The first-order chi connectivity index (χ1) is 6.06. The summed E-state index contributed by atoms with van der Waals surface area (Å²) in [5, 5.41) is 4.09. The van der Waals surface area contributed by atoms with Crippen LogP contribution >= 0.6 is 23.2 Å². The first kappa shape index (κ1) is 10.6. The number of anilines is 1. The molecule has 13 heavy (non-hydrogen) atoms. The van der Waals surface area contributed by atoms with Crippen LogP contribution in [0.1, 0.15) is 25.5 Å². The highest BCUT2D eigenvalue weighted by Gasteiger charge is 2.10. The number of hydrogen-bond acceptors (Lipinski definition) is 2. The van der Waals surface area contributed by atoms with Crippen molar-refractivity contribution in [3.8, 4) is 0 Å². The van der Waals surface area contributed by atoms with E-state index in [2.05, 4.69) is 10.3 Å². The largest absolute Gasteiger partial charge is 0.372 e. The number of pyridine rings is 1. The quantitative estimate of drug-likeness (QED) is 0.822. The third kappa shape index (κ3) is 2.26. The summed E-state index contributed by atoms with van der Waals surface area (Å²) in [6, 6.07) is 1.72. The maximum absolute atomic E-state index is 5.98. The van der Waals surface area contributed by atoms with Crippen LogP contribution in [0.15, 0.2) is 6.07 Å². The van der Waals surface area contributed by atoms with E-state index in [9.17, 15) is 0 Å². The lowest BCUT2D eigenvalue weighted by atomic mass is 10.1. The van der Waals surface area contributed by atoms with Gasteiger partial charge in [-0.25, -0.2) is 4.98 Å². The molecule has 1 N–H and O–H groups in total. The molecule has 0 aliphatic heterocycles. The van der Waals surface area contributed by atoms with Gasteiger partial charge in [-0.3, -0.25) is 0 Å². The molecule has 0 amide bonds. The lowest BCUT2D eigenvalue weighted by Gasteiger charge is -2.10. The zero-order chi connectivity index (χ0) is 10.0. The molecule has 1 aromatic heterocycles. The summed E-state index contributed by atoms with van der Waals surface area (Å²) < 4.78 is 0. The summed E-state index contributed by atoms with van der Waals surface area (Å²) in [5.41, 5.74) is 0.871. The lowest BCUT2D eigenvalue weighted by Crippen LogP contribution is -2.00. The number of nitrogens with zero attached hydrogens (tertiary/aromatic N) is 1. The zero-order valence-electron chi connectivity index (χ0n) is 7.86. The van der Waals surface area contributed by atoms with Crippen molar-refractivity contribution in [1.29, 1.82) is 0 Å². The van der Waals surface area contributed by atoms with Crippen LogP contribution < -0.4 is 5.32 Å². The highest BCUT2D eigenvalue weighted by molar-refractivity contribution is 6.36. The molecular formula is C9H12Cl2N2. The molecule has 0 unspecified atom stereocenters. The van der Waals surface area contributed by atoms with Crippen molar-refractivity contribution in [2.75, 3.05) is 12.4 Å². The Balaban J connectivity index is 3.22. The zero-order valence-corrected chi connectivity index (χ0v) is 9.37. The fourth-order valence-corrected chi connectivity index (χ4v) is 1.73. The van der Waals surface area contributed by atoms with Gasteiger partial charge in [0.05, 0.1) is 15.7 Å². The van der Waals surface area contributed by atoms with Gasteiger partial charge in [-0.15, -0.1) is 0 Å². The van der Waals surface area contributed by atoms with Gasteiger partial charge in [-0.05, 0) is 12.0 Å². The van der Waals surface area contributed by atoms with Crippen molar-refractivity contribution < 1.29 is 0 Å². The van der Waals surface area contributed by atoms with Crippen molar-refractivity contribution in [1.82, 2.24) is 4.98 Å². The van der Waals surface area contributed by atoms with Gasteiger partial charge in [0.25, 0.3) is 0 Å². The molecule has 0 bridgehead atoms. The van der Waals surface area contributed by atoms with Crippen molar-refractivity contribution >= 4 is 29.0 Å². The van der Waals surface area contributed by atoms with Gasteiger partial charge in [-0.2, -0.15) is 0 Å². The Kier molecular flexibility index (Phi) is 3.40. The van der Waals surface area contributed by atoms with Crippen LogP contribution in [0, 0.1) is 0 Å². The Hall–Kier alpha value is -0.470. The molecule has 0 fully saturated rings. The van der Waals surface area contributed by atoms with E-state index >= 15 is 0 Å². The smallest absolute Gasteiger partial charge is 0.144 e. The molecule has 0 radical (unpaired) electrons. The van der Waals surface area contributed by atoms with Crippen molar-refractivity contribution in [3.05, 3.63) is 21.8 Å². The molecule has 0 saturated carbocycles. The number of nitrogens with one attached hydrogen (secondary N) is 1. The van der Waals surface area contributed by atoms with E-state index in [4.69, 9.17) is 23.2 Å². The van der Waals surface area contributed by atoms with E-state index in [1.54, 1.807) is 13.1 Å². The van der Waals surface area contributed by atoms with E-state index in [1.807, 2.05) is 13.8 Å². The van der Waals surface area contributed by atoms with E-state index in [-0.39, 0.29) is 0 Å². The van der Waals surface area contributed by atoms with Crippen LogP contribution in [0.25, 0.3) is 0 Å². The van der Waals surface area contributed by atoms with E-state index < -0.39 is 0 Å². The van der Waals surface area contributed by atoms with Gasteiger partial charge in [0.1, 0.15) is 5.82 Å². The van der Waals surface area contributed by atoms with E-state index in [1.165, 1.54) is 0 Å². The molecule has 0 aliphatic rings. The van der Waals surface area contributed by atoms with Gasteiger partial charge >= 0.3 is 0 Å². The summed E-state index contributed by atoms with van der Waals surface area (Å²) in [7, 11) is 1.78. The average Bonchev–Trinajstić information content (AvgIpc) is 2.03. The predicted octanol–water partition coefficient (Wildman–Crippen LogP) is 3.55. The SMILES string of the molecule is CNc1nc(C(C)C)c(Cl)cc1Cl. The van der Waals surface area contributed by atoms with Gasteiger partial charge in [-0.1, -0.05) is 37.0 Å². The molecule has 0 aliphatic carbocycles. The minimum absolute atomic E-state index is 0.303. The van der Waals surface area contributed by atoms with Crippen molar-refractivity contribution in [2.24, 2.45) is 0 Å². The van der Waals surface area contributed by atoms with Gasteiger partial charge in [0, 0.05) is 7.05 Å². The van der Waals surface area contributed by atoms with Crippen LogP contribution in [0.4, 0.5) is 5.82 Å². The molecule has 1 aromatic rings. The second-order valence-corrected chi connectivity index (χ2v) is 3.90. The summed E-state index contributed by atoms with van der Waals surface area (Å²) in [4.78, 5) is 4.31.